The Kier molecular flexibility index (Phi) is 2.52. The summed E-state index contributed by atoms with van der Waals surface area (Å²) < 4.78 is 0. The molecule has 1 unspecified atom stereocenters. The highest BCUT2D eigenvalue weighted by Gasteiger charge is 2.23. The number of fused-ring (bicyclic) bond motifs is 1. The molecule has 4 heteroatoms. The maximum absolute atomic E-state index is 9.80. The Morgan fingerprint density at radius 2 is 2.20 bits per heavy atom. The maximum atomic E-state index is 9.80. The highest BCUT2D eigenvalue weighted by molar-refractivity contribution is 5.57. The number of nitrogens with zero attached hydrogens (tertiary/aromatic N) is 2. The highest BCUT2D eigenvalue weighted by Crippen LogP contribution is 2.35. The SMILES string of the molecule is CN(C)c1cc(O)nc2c1CCCC2O. The summed E-state index contributed by atoms with van der Waals surface area (Å²) in [5.74, 6) is -0.0154. The molecule has 1 atom stereocenters. The minimum Gasteiger partial charge on any atom is -0.493 e. The second kappa shape index (κ2) is 3.70. The summed E-state index contributed by atoms with van der Waals surface area (Å²) >= 11 is 0. The van der Waals surface area contributed by atoms with Crippen LogP contribution in [0.3, 0.4) is 0 Å². The number of aromatic hydroxyl groups is 1. The molecule has 0 aromatic carbocycles. The molecule has 2 N–H and O–H groups in total. The standard InChI is InChI=1S/C11H16N2O2/c1-13(2)8-6-10(15)12-11-7(8)4-3-5-9(11)14/h6,9,14H,3-5H2,1-2H3,(H,12,15). The lowest BCUT2D eigenvalue weighted by atomic mass is 9.92. The average molecular weight is 208 g/mol. The normalized spacial score (nSPS) is 19.8. The molecule has 82 valence electrons. The molecule has 0 fully saturated rings. The molecule has 4 nitrogen and oxygen atoms in total. The second-order valence-corrected chi connectivity index (χ2v) is 4.17. The Balaban J connectivity index is 2.57. The molecular weight excluding hydrogens is 192 g/mol. The molecular formula is C11H16N2O2. The van der Waals surface area contributed by atoms with Crippen LogP contribution >= 0.6 is 0 Å². The zero-order valence-electron chi connectivity index (χ0n) is 9.06. The lowest BCUT2D eigenvalue weighted by Crippen LogP contribution is -2.18. The Labute approximate surface area is 89.2 Å². The molecule has 0 radical (unpaired) electrons. The number of hydrogen-bond donors (Lipinski definition) is 2. The van der Waals surface area contributed by atoms with Crippen LogP contribution in [0.25, 0.3) is 0 Å². The van der Waals surface area contributed by atoms with Gasteiger partial charge in [-0.25, -0.2) is 4.98 Å². The molecule has 0 bridgehead atoms. The van der Waals surface area contributed by atoms with Crippen LogP contribution in [0.4, 0.5) is 5.69 Å². The van der Waals surface area contributed by atoms with Crippen LogP contribution in [0.15, 0.2) is 6.07 Å². The fourth-order valence-electron chi connectivity index (χ4n) is 2.10. The van der Waals surface area contributed by atoms with Crippen LogP contribution in [0.5, 0.6) is 5.88 Å². The molecule has 0 aliphatic heterocycles. The Morgan fingerprint density at radius 1 is 1.47 bits per heavy atom. The number of anilines is 1. The summed E-state index contributed by atoms with van der Waals surface area (Å²) in [5.41, 5.74) is 2.66. The third-order valence-electron chi connectivity index (χ3n) is 2.82. The minimum absolute atomic E-state index is 0.0154. The van der Waals surface area contributed by atoms with E-state index in [-0.39, 0.29) is 5.88 Å². The number of pyridine rings is 1. The Morgan fingerprint density at radius 3 is 2.87 bits per heavy atom. The van der Waals surface area contributed by atoms with E-state index in [0.717, 1.165) is 30.5 Å². The second-order valence-electron chi connectivity index (χ2n) is 4.17. The van der Waals surface area contributed by atoms with E-state index in [1.165, 1.54) is 0 Å². The molecule has 0 saturated carbocycles. The number of aromatic nitrogens is 1. The van der Waals surface area contributed by atoms with Crippen molar-refractivity contribution in [1.82, 2.24) is 4.98 Å². The molecule has 1 heterocycles. The van der Waals surface area contributed by atoms with E-state index in [1.54, 1.807) is 6.07 Å². The molecule has 0 spiro atoms. The van der Waals surface area contributed by atoms with E-state index < -0.39 is 6.10 Å². The summed E-state index contributed by atoms with van der Waals surface area (Å²) in [4.78, 5) is 5.96. The van der Waals surface area contributed by atoms with Crippen molar-refractivity contribution >= 4 is 5.69 Å². The van der Waals surface area contributed by atoms with Crippen molar-refractivity contribution in [2.45, 2.75) is 25.4 Å². The number of aliphatic hydroxyl groups is 1. The van der Waals surface area contributed by atoms with Crippen LogP contribution in [-0.2, 0) is 6.42 Å². The van der Waals surface area contributed by atoms with Gasteiger partial charge in [-0.3, -0.25) is 0 Å². The Hall–Kier alpha value is -1.29. The maximum Gasteiger partial charge on any atom is 0.213 e. The molecule has 0 amide bonds. The van der Waals surface area contributed by atoms with Gasteiger partial charge in [0.15, 0.2) is 0 Å². The van der Waals surface area contributed by atoms with E-state index in [9.17, 15) is 10.2 Å². The van der Waals surface area contributed by atoms with Gasteiger partial charge in [0.2, 0.25) is 5.88 Å². The van der Waals surface area contributed by atoms with E-state index in [1.807, 2.05) is 19.0 Å². The van der Waals surface area contributed by atoms with Crippen molar-refractivity contribution in [2.75, 3.05) is 19.0 Å². The van der Waals surface area contributed by atoms with Crippen molar-refractivity contribution in [2.24, 2.45) is 0 Å². The van der Waals surface area contributed by atoms with Gasteiger partial charge in [-0.1, -0.05) is 0 Å². The van der Waals surface area contributed by atoms with Crippen LogP contribution in [0, 0.1) is 0 Å². The van der Waals surface area contributed by atoms with Gasteiger partial charge in [-0.05, 0) is 24.8 Å². The largest absolute Gasteiger partial charge is 0.493 e. The first-order valence-corrected chi connectivity index (χ1v) is 5.17. The summed E-state index contributed by atoms with van der Waals surface area (Å²) in [5, 5.41) is 19.3. The van der Waals surface area contributed by atoms with Crippen LogP contribution in [-0.4, -0.2) is 29.3 Å². The van der Waals surface area contributed by atoms with Gasteiger partial charge in [0, 0.05) is 25.8 Å². The monoisotopic (exact) mass is 208 g/mol. The average Bonchev–Trinajstić information content (AvgIpc) is 2.18. The van der Waals surface area contributed by atoms with Crippen molar-refractivity contribution in [3.05, 3.63) is 17.3 Å². The zero-order chi connectivity index (χ0) is 11.0. The van der Waals surface area contributed by atoms with Crippen LogP contribution in [0.2, 0.25) is 0 Å². The molecule has 0 saturated heterocycles. The predicted octanol–water partition coefficient (Wildman–Crippen LogP) is 1.22. The molecule has 2 rings (SSSR count). The fraction of sp³-hybridized carbons (Fsp3) is 0.545. The lowest BCUT2D eigenvalue weighted by molar-refractivity contribution is 0.150. The van der Waals surface area contributed by atoms with Gasteiger partial charge in [0.25, 0.3) is 0 Å². The summed E-state index contributed by atoms with van der Waals surface area (Å²) in [6.45, 7) is 0. The molecule has 15 heavy (non-hydrogen) atoms. The quantitative estimate of drug-likeness (QED) is 0.728. The van der Waals surface area contributed by atoms with Gasteiger partial charge in [-0.15, -0.1) is 0 Å². The van der Waals surface area contributed by atoms with E-state index >= 15 is 0 Å². The van der Waals surface area contributed by atoms with Crippen molar-refractivity contribution in [1.29, 1.82) is 0 Å². The molecule has 1 aliphatic rings. The molecule has 1 aliphatic carbocycles. The summed E-state index contributed by atoms with van der Waals surface area (Å²) in [6.07, 6.45) is 2.10. The third kappa shape index (κ3) is 1.77. The first-order chi connectivity index (χ1) is 7.09. The van der Waals surface area contributed by atoms with Crippen LogP contribution in [0.1, 0.15) is 30.2 Å². The number of rotatable bonds is 1. The molecule has 1 aromatic rings. The molecule has 1 aromatic heterocycles. The first kappa shape index (κ1) is 10.2. The fourth-order valence-corrected chi connectivity index (χ4v) is 2.10. The van der Waals surface area contributed by atoms with Crippen molar-refractivity contribution < 1.29 is 10.2 Å². The van der Waals surface area contributed by atoms with E-state index in [2.05, 4.69) is 4.98 Å². The minimum atomic E-state index is -0.528. The van der Waals surface area contributed by atoms with Gasteiger partial charge in [-0.2, -0.15) is 0 Å². The van der Waals surface area contributed by atoms with E-state index in [4.69, 9.17) is 0 Å². The Bertz CT molecular complexity index is 360. The van der Waals surface area contributed by atoms with Gasteiger partial charge in [0.1, 0.15) is 0 Å². The first-order valence-electron chi connectivity index (χ1n) is 5.17. The predicted molar refractivity (Wildman–Crippen MR) is 58.1 cm³/mol. The summed E-state index contributed by atoms with van der Waals surface area (Å²) in [6, 6.07) is 1.65. The van der Waals surface area contributed by atoms with Gasteiger partial charge >= 0.3 is 0 Å². The van der Waals surface area contributed by atoms with Gasteiger partial charge in [0.05, 0.1) is 11.8 Å². The number of hydrogen-bond acceptors (Lipinski definition) is 4. The third-order valence-corrected chi connectivity index (χ3v) is 2.82. The number of aliphatic hydroxyl groups excluding tert-OH is 1. The summed E-state index contributed by atoms with van der Waals surface area (Å²) in [7, 11) is 3.85. The lowest BCUT2D eigenvalue weighted by Gasteiger charge is -2.25. The van der Waals surface area contributed by atoms with Crippen molar-refractivity contribution in [3.63, 3.8) is 0 Å². The van der Waals surface area contributed by atoms with Gasteiger partial charge < -0.3 is 15.1 Å². The van der Waals surface area contributed by atoms with E-state index in [0.29, 0.717) is 5.69 Å². The highest BCUT2D eigenvalue weighted by atomic mass is 16.3. The van der Waals surface area contributed by atoms with Crippen molar-refractivity contribution in [3.8, 4) is 5.88 Å². The zero-order valence-corrected chi connectivity index (χ0v) is 9.06. The van der Waals surface area contributed by atoms with Crippen LogP contribution < -0.4 is 4.90 Å². The topological polar surface area (TPSA) is 56.6 Å². The smallest absolute Gasteiger partial charge is 0.213 e.